The molecular formula is C21H33N5O2. The molecule has 7 heteroatoms. The highest BCUT2D eigenvalue weighted by Crippen LogP contribution is 2.63. The molecule has 0 aliphatic heterocycles. The number of anilines is 1. The monoisotopic (exact) mass is 387 g/mol. The van der Waals surface area contributed by atoms with Gasteiger partial charge < -0.3 is 16.0 Å². The summed E-state index contributed by atoms with van der Waals surface area (Å²) in [5.41, 5.74) is 0.527. The van der Waals surface area contributed by atoms with E-state index in [4.69, 9.17) is 0 Å². The van der Waals surface area contributed by atoms with Crippen LogP contribution in [0.1, 0.15) is 58.1 Å². The van der Waals surface area contributed by atoms with E-state index in [0.717, 1.165) is 17.8 Å². The number of H-pyrrole nitrogens is 1. The largest absolute Gasteiger partial charge is 0.354 e. The minimum atomic E-state index is -0.205. The quantitative estimate of drug-likeness (QED) is 0.564. The molecule has 4 fully saturated rings. The lowest BCUT2D eigenvalue weighted by Crippen LogP contribution is -2.63. The van der Waals surface area contributed by atoms with E-state index in [2.05, 4.69) is 39.8 Å². The Labute approximate surface area is 166 Å². The minimum absolute atomic E-state index is 0.117. The molecule has 154 valence electrons. The van der Waals surface area contributed by atoms with Gasteiger partial charge in [0.1, 0.15) is 0 Å². The highest BCUT2D eigenvalue weighted by atomic mass is 16.2. The van der Waals surface area contributed by atoms with Gasteiger partial charge in [-0.25, -0.2) is 9.78 Å². The zero-order chi connectivity index (χ0) is 19.9. The molecule has 5 rings (SSSR count). The summed E-state index contributed by atoms with van der Waals surface area (Å²) < 4.78 is 0. The summed E-state index contributed by atoms with van der Waals surface area (Å²) in [4.78, 5) is 30.9. The van der Waals surface area contributed by atoms with E-state index in [1.807, 2.05) is 0 Å². The van der Waals surface area contributed by atoms with E-state index >= 15 is 0 Å². The molecular weight excluding hydrogens is 354 g/mol. The normalized spacial score (nSPS) is 30.9. The van der Waals surface area contributed by atoms with Crippen LogP contribution in [-0.4, -0.2) is 34.6 Å². The molecule has 0 spiro atoms. The van der Waals surface area contributed by atoms with Crippen LogP contribution in [0.15, 0.2) is 10.9 Å². The molecule has 1 aromatic heterocycles. The van der Waals surface area contributed by atoms with Gasteiger partial charge in [0.2, 0.25) is 5.95 Å². The van der Waals surface area contributed by atoms with Crippen LogP contribution in [-0.2, 0) is 0 Å². The summed E-state index contributed by atoms with van der Waals surface area (Å²) in [6.07, 6.45) is 8.01. The van der Waals surface area contributed by atoms with E-state index in [1.54, 1.807) is 6.92 Å². The number of hydrogen-bond donors (Lipinski definition) is 4. The number of amides is 2. The molecule has 28 heavy (non-hydrogen) atoms. The summed E-state index contributed by atoms with van der Waals surface area (Å²) in [5.74, 6) is 3.02. The highest BCUT2D eigenvalue weighted by Gasteiger charge is 2.57. The molecule has 1 aromatic rings. The minimum Gasteiger partial charge on any atom is -0.354 e. The standard InChI is InChI=1S/C21H33N5O2/c1-13-6-17(27)25-18(24-13)22-4-5-23-19(28)26-20(2,3)21-10-14-7-15(11-21)9-16(8-14)12-21/h6,14-16H,4-5,7-12H2,1-3H3,(H2,23,26,28)(H2,22,24,25,27). The summed E-state index contributed by atoms with van der Waals surface area (Å²) in [7, 11) is 0. The third-order valence-corrected chi connectivity index (χ3v) is 7.36. The first-order chi connectivity index (χ1) is 13.2. The van der Waals surface area contributed by atoms with Crippen LogP contribution in [0.2, 0.25) is 0 Å². The zero-order valence-electron chi connectivity index (χ0n) is 17.2. The summed E-state index contributed by atoms with van der Waals surface area (Å²) in [6.45, 7) is 7.15. The van der Waals surface area contributed by atoms with Crippen LogP contribution in [0.4, 0.5) is 10.7 Å². The Morgan fingerprint density at radius 3 is 2.36 bits per heavy atom. The second-order valence-corrected chi connectivity index (χ2v) is 9.87. The second-order valence-electron chi connectivity index (χ2n) is 9.87. The van der Waals surface area contributed by atoms with Gasteiger partial charge in [0.05, 0.1) is 0 Å². The van der Waals surface area contributed by atoms with Crippen LogP contribution in [0.5, 0.6) is 0 Å². The lowest BCUT2D eigenvalue weighted by molar-refractivity contribution is -0.0950. The summed E-state index contributed by atoms with van der Waals surface area (Å²) in [5, 5.41) is 9.26. The Morgan fingerprint density at radius 2 is 1.79 bits per heavy atom. The van der Waals surface area contributed by atoms with Gasteiger partial charge in [-0.2, -0.15) is 0 Å². The fourth-order valence-corrected chi connectivity index (χ4v) is 6.36. The van der Waals surface area contributed by atoms with Crippen molar-refractivity contribution in [3.8, 4) is 0 Å². The smallest absolute Gasteiger partial charge is 0.315 e. The predicted octanol–water partition coefficient (Wildman–Crippen LogP) is 2.78. The van der Waals surface area contributed by atoms with E-state index in [0.29, 0.717) is 24.7 Å². The molecule has 0 atom stereocenters. The number of carbonyl (C=O) groups excluding carboxylic acids is 1. The molecule has 4 saturated carbocycles. The molecule has 4 N–H and O–H groups in total. The maximum Gasteiger partial charge on any atom is 0.315 e. The van der Waals surface area contributed by atoms with Crippen LogP contribution >= 0.6 is 0 Å². The van der Waals surface area contributed by atoms with Gasteiger partial charge in [0.15, 0.2) is 0 Å². The number of hydrogen-bond acceptors (Lipinski definition) is 4. The molecule has 7 nitrogen and oxygen atoms in total. The van der Waals surface area contributed by atoms with Crippen molar-refractivity contribution in [1.82, 2.24) is 20.6 Å². The molecule has 4 aliphatic carbocycles. The zero-order valence-corrected chi connectivity index (χ0v) is 17.2. The number of nitrogens with one attached hydrogen (secondary N) is 4. The Morgan fingerprint density at radius 1 is 1.18 bits per heavy atom. The number of rotatable bonds is 6. The van der Waals surface area contributed by atoms with Gasteiger partial charge >= 0.3 is 6.03 Å². The Kier molecular flexibility index (Phi) is 4.88. The van der Waals surface area contributed by atoms with Gasteiger partial charge in [0, 0.05) is 30.4 Å². The van der Waals surface area contributed by atoms with E-state index in [9.17, 15) is 9.59 Å². The van der Waals surface area contributed by atoms with Gasteiger partial charge in [0.25, 0.3) is 5.56 Å². The summed E-state index contributed by atoms with van der Waals surface area (Å²) in [6, 6.07) is 1.33. The third-order valence-electron chi connectivity index (χ3n) is 7.36. The van der Waals surface area contributed by atoms with E-state index in [-0.39, 0.29) is 22.5 Å². The third kappa shape index (κ3) is 3.76. The van der Waals surface area contributed by atoms with Gasteiger partial charge in [-0.05, 0) is 82.5 Å². The van der Waals surface area contributed by atoms with Crippen molar-refractivity contribution in [2.75, 3.05) is 18.4 Å². The van der Waals surface area contributed by atoms with Gasteiger partial charge in [-0.1, -0.05) is 0 Å². The Balaban J connectivity index is 1.28. The number of aromatic amines is 1. The highest BCUT2D eigenvalue weighted by molar-refractivity contribution is 5.74. The van der Waals surface area contributed by atoms with Crippen molar-refractivity contribution in [1.29, 1.82) is 0 Å². The molecule has 0 unspecified atom stereocenters. The SMILES string of the molecule is Cc1cc(=O)[nH]c(NCCNC(=O)NC(C)(C)C23CC4CC(CC(C4)C2)C3)n1. The molecule has 2 amide bonds. The number of aryl methyl sites for hydroxylation is 1. The topological polar surface area (TPSA) is 98.9 Å². The fourth-order valence-electron chi connectivity index (χ4n) is 6.36. The van der Waals surface area contributed by atoms with Crippen LogP contribution in [0, 0.1) is 30.1 Å². The summed E-state index contributed by atoms with van der Waals surface area (Å²) >= 11 is 0. The Hall–Kier alpha value is -2.05. The maximum absolute atomic E-state index is 12.5. The number of aromatic nitrogens is 2. The first-order valence-corrected chi connectivity index (χ1v) is 10.6. The van der Waals surface area contributed by atoms with Crippen molar-refractivity contribution in [2.45, 2.75) is 64.8 Å². The number of nitrogens with zero attached hydrogens (tertiary/aromatic N) is 1. The van der Waals surface area contributed by atoms with Crippen LogP contribution in [0.25, 0.3) is 0 Å². The average molecular weight is 388 g/mol. The lowest BCUT2D eigenvalue weighted by atomic mass is 9.45. The maximum atomic E-state index is 12.5. The molecule has 0 saturated heterocycles. The van der Waals surface area contributed by atoms with Crippen molar-refractivity contribution in [3.05, 3.63) is 22.1 Å². The first-order valence-electron chi connectivity index (χ1n) is 10.6. The molecule has 1 heterocycles. The van der Waals surface area contributed by atoms with E-state index in [1.165, 1.54) is 44.6 Å². The van der Waals surface area contributed by atoms with E-state index < -0.39 is 0 Å². The average Bonchev–Trinajstić information content (AvgIpc) is 2.56. The number of carbonyl (C=O) groups is 1. The molecule has 0 radical (unpaired) electrons. The molecule has 0 aromatic carbocycles. The molecule has 4 bridgehead atoms. The van der Waals surface area contributed by atoms with Crippen molar-refractivity contribution in [3.63, 3.8) is 0 Å². The second kappa shape index (κ2) is 7.08. The van der Waals surface area contributed by atoms with Crippen LogP contribution < -0.4 is 21.5 Å². The van der Waals surface area contributed by atoms with Gasteiger partial charge in [-0.3, -0.25) is 9.78 Å². The van der Waals surface area contributed by atoms with Crippen LogP contribution in [0.3, 0.4) is 0 Å². The van der Waals surface area contributed by atoms with Gasteiger partial charge in [-0.15, -0.1) is 0 Å². The molecule has 4 aliphatic rings. The predicted molar refractivity (Wildman–Crippen MR) is 109 cm³/mol. The number of urea groups is 1. The first kappa shape index (κ1) is 19.3. The lowest BCUT2D eigenvalue weighted by Gasteiger charge is -2.62. The Bertz CT molecular complexity index is 765. The van der Waals surface area contributed by atoms with Crippen molar-refractivity contribution >= 4 is 12.0 Å². The van der Waals surface area contributed by atoms with Crippen molar-refractivity contribution < 1.29 is 4.79 Å². The fraction of sp³-hybridized carbons (Fsp3) is 0.762. The van der Waals surface area contributed by atoms with Crippen molar-refractivity contribution in [2.24, 2.45) is 23.2 Å².